The molecule has 4 heteroatoms. The molecule has 0 unspecified atom stereocenters. The molecule has 4 aliphatic carbocycles. The summed E-state index contributed by atoms with van der Waals surface area (Å²) in [4.78, 5) is 12.8. The lowest BCUT2D eigenvalue weighted by Gasteiger charge is -2.56. The number of carbonyl (C=O) groups is 1. The van der Waals surface area contributed by atoms with Crippen molar-refractivity contribution in [2.24, 2.45) is 23.2 Å². The first-order chi connectivity index (χ1) is 13.1. The Morgan fingerprint density at radius 2 is 1.81 bits per heavy atom. The molecule has 1 aromatic carbocycles. The molecule has 142 valence electrons. The monoisotopic (exact) mass is 363 g/mol. The van der Waals surface area contributed by atoms with Crippen LogP contribution in [0.5, 0.6) is 0 Å². The minimum atomic E-state index is 0.174. The fraction of sp³-hybridized carbons (Fsp3) is 0.565. The number of amides is 1. The molecule has 0 radical (unpaired) electrons. The molecular formula is C23H29N3O. The molecule has 4 bridgehead atoms. The molecule has 0 spiro atoms. The Bertz CT molecular complexity index is 818. The Morgan fingerprint density at radius 3 is 2.48 bits per heavy atom. The number of nitrogens with one attached hydrogen (secondary N) is 1. The van der Waals surface area contributed by atoms with Crippen molar-refractivity contribution in [2.75, 3.05) is 5.32 Å². The number of rotatable bonds is 5. The average molecular weight is 364 g/mol. The van der Waals surface area contributed by atoms with Crippen molar-refractivity contribution >= 4 is 11.6 Å². The van der Waals surface area contributed by atoms with Crippen LogP contribution >= 0.6 is 0 Å². The number of carbonyl (C=O) groups excluding carboxylic acids is 1. The van der Waals surface area contributed by atoms with Crippen molar-refractivity contribution in [3.05, 3.63) is 47.8 Å². The van der Waals surface area contributed by atoms with Gasteiger partial charge in [-0.25, -0.2) is 0 Å². The first-order valence-corrected chi connectivity index (χ1v) is 10.4. The zero-order valence-electron chi connectivity index (χ0n) is 16.2. The van der Waals surface area contributed by atoms with E-state index >= 15 is 0 Å². The summed E-state index contributed by atoms with van der Waals surface area (Å²) in [5.41, 5.74) is 3.63. The maximum atomic E-state index is 12.8. The second-order valence-electron chi connectivity index (χ2n) is 9.50. The lowest BCUT2D eigenvalue weighted by molar-refractivity contribution is -0.124. The average Bonchev–Trinajstić information content (AvgIpc) is 3.02. The summed E-state index contributed by atoms with van der Waals surface area (Å²) in [5, 5.41) is 7.55. The van der Waals surface area contributed by atoms with E-state index in [0.29, 0.717) is 6.42 Å². The zero-order chi connectivity index (χ0) is 18.4. The fourth-order valence-electron chi connectivity index (χ4n) is 6.53. The Kier molecular flexibility index (Phi) is 4.10. The van der Waals surface area contributed by atoms with Gasteiger partial charge in [0.25, 0.3) is 0 Å². The molecule has 4 saturated carbocycles. The third-order valence-corrected chi connectivity index (χ3v) is 7.21. The largest absolute Gasteiger partial charge is 0.323 e. The minimum absolute atomic E-state index is 0.174. The van der Waals surface area contributed by atoms with Gasteiger partial charge in [0.2, 0.25) is 5.91 Å². The van der Waals surface area contributed by atoms with Crippen LogP contribution in [0, 0.1) is 30.1 Å². The van der Waals surface area contributed by atoms with Crippen LogP contribution in [-0.2, 0) is 11.3 Å². The van der Waals surface area contributed by atoms with E-state index in [4.69, 9.17) is 0 Å². The van der Waals surface area contributed by atoms with Gasteiger partial charge >= 0.3 is 0 Å². The SMILES string of the molecule is Cc1ccccc1Cn1cc(NC(=O)CC23CC4CC(CC(C4)C2)C3)cn1. The van der Waals surface area contributed by atoms with Gasteiger partial charge in [0.15, 0.2) is 0 Å². The van der Waals surface area contributed by atoms with Crippen molar-refractivity contribution in [3.8, 4) is 0 Å². The van der Waals surface area contributed by atoms with Crippen molar-refractivity contribution in [1.29, 1.82) is 0 Å². The van der Waals surface area contributed by atoms with Crippen molar-refractivity contribution in [1.82, 2.24) is 9.78 Å². The van der Waals surface area contributed by atoms with Gasteiger partial charge < -0.3 is 5.32 Å². The molecule has 6 rings (SSSR count). The van der Waals surface area contributed by atoms with Gasteiger partial charge in [-0.2, -0.15) is 5.10 Å². The summed E-state index contributed by atoms with van der Waals surface area (Å²) in [6.07, 6.45) is 12.5. The molecule has 27 heavy (non-hydrogen) atoms. The number of anilines is 1. The minimum Gasteiger partial charge on any atom is -0.323 e. The predicted molar refractivity (Wildman–Crippen MR) is 106 cm³/mol. The van der Waals surface area contributed by atoms with Gasteiger partial charge in [-0.3, -0.25) is 9.48 Å². The highest BCUT2D eigenvalue weighted by atomic mass is 16.1. The number of hydrogen-bond acceptors (Lipinski definition) is 2. The first-order valence-electron chi connectivity index (χ1n) is 10.4. The molecule has 4 fully saturated rings. The van der Waals surface area contributed by atoms with Gasteiger partial charge in [-0.15, -0.1) is 0 Å². The van der Waals surface area contributed by atoms with Crippen LogP contribution in [0.4, 0.5) is 5.69 Å². The lowest BCUT2D eigenvalue weighted by Crippen LogP contribution is -2.47. The lowest BCUT2D eigenvalue weighted by atomic mass is 9.49. The third kappa shape index (κ3) is 3.42. The van der Waals surface area contributed by atoms with Crippen molar-refractivity contribution in [3.63, 3.8) is 0 Å². The van der Waals surface area contributed by atoms with E-state index in [2.05, 4.69) is 41.6 Å². The van der Waals surface area contributed by atoms with Crippen LogP contribution in [0.3, 0.4) is 0 Å². The second kappa shape index (κ2) is 6.50. The van der Waals surface area contributed by atoms with Crippen LogP contribution in [0.1, 0.15) is 56.1 Å². The normalized spacial score (nSPS) is 31.2. The maximum Gasteiger partial charge on any atom is 0.225 e. The summed E-state index contributed by atoms with van der Waals surface area (Å²) in [5.74, 6) is 2.84. The smallest absolute Gasteiger partial charge is 0.225 e. The molecule has 1 heterocycles. The van der Waals surface area contributed by atoms with Gasteiger partial charge in [-0.05, 0) is 79.7 Å². The van der Waals surface area contributed by atoms with Crippen LogP contribution in [0.15, 0.2) is 36.7 Å². The molecule has 1 aromatic heterocycles. The molecule has 1 amide bonds. The van der Waals surface area contributed by atoms with E-state index in [-0.39, 0.29) is 11.3 Å². The van der Waals surface area contributed by atoms with E-state index in [1.807, 2.05) is 10.9 Å². The van der Waals surface area contributed by atoms with Crippen LogP contribution in [0.2, 0.25) is 0 Å². The third-order valence-electron chi connectivity index (χ3n) is 7.21. The van der Waals surface area contributed by atoms with Crippen LogP contribution < -0.4 is 5.32 Å². The molecular weight excluding hydrogens is 334 g/mol. The van der Waals surface area contributed by atoms with E-state index in [1.165, 1.54) is 49.7 Å². The van der Waals surface area contributed by atoms with Crippen molar-refractivity contribution in [2.45, 2.75) is 58.4 Å². The molecule has 0 saturated heterocycles. The Hall–Kier alpha value is -2.10. The molecule has 0 aliphatic heterocycles. The maximum absolute atomic E-state index is 12.8. The fourth-order valence-corrected chi connectivity index (χ4v) is 6.53. The number of aromatic nitrogens is 2. The number of nitrogens with zero attached hydrogens (tertiary/aromatic N) is 2. The van der Waals surface area contributed by atoms with Gasteiger partial charge in [-0.1, -0.05) is 24.3 Å². The summed E-state index contributed by atoms with van der Waals surface area (Å²) in [7, 11) is 0. The summed E-state index contributed by atoms with van der Waals surface area (Å²) >= 11 is 0. The molecule has 4 nitrogen and oxygen atoms in total. The van der Waals surface area contributed by atoms with Crippen LogP contribution in [-0.4, -0.2) is 15.7 Å². The number of hydrogen-bond donors (Lipinski definition) is 1. The quantitative estimate of drug-likeness (QED) is 0.830. The Morgan fingerprint density at radius 1 is 1.15 bits per heavy atom. The first kappa shape index (κ1) is 17.0. The zero-order valence-corrected chi connectivity index (χ0v) is 16.2. The molecule has 1 N–H and O–H groups in total. The Labute approximate surface area is 161 Å². The van der Waals surface area contributed by atoms with E-state index < -0.39 is 0 Å². The van der Waals surface area contributed by atoms with Gasteiger partial charge in [0.1, 0.15) is 0 Å². The molecule has 2 aromatic rings. The van der Waals surface area contributed by atoms with Crippen LogP contribution in [0.25, 0.3) is 0 Å². The van der Waals surface area contributed by atoms with E-state index in [1.54, 1.807) is 6.20 Å². The Balaban J connectivity index is 1.22. The summed E-state index contributed by atoms with van der Waals surface area (Å²) in [6, 6.07) is 8.35. The number of benzene rings is 1. The number of aryl methyl sites for hydroxylation is 1. The topological polar surface area (TPSA) is 46.9 Å². The van der Waals surface area contributed by atoms with E-state index in [9.17, 15) is 4.79 Å². The van der Waals surface area contributed by atoms with Gasteiger partial charge in [0, 0.05) is 12.6 Å². The standard InChI is InChI=1S/C23H29N3O/c1-16-4-2-3-5-20(16)14-26-15-21(13-24-26)25-22(27)12-23-9-17-6-18(10-23)8-19(7-17)11-23/h2-5,13,15,17-19H,6-12,14H2,1H3,(H,25,27). The highest BCUT2D eigenvalue weighted by molar-refractivity contribution is 5.90. The highest BCUT2D eigenvalue weighted by Gasteiger charge is 2.51. The highest BCUT2D eigenvalue weighted by Crippen LogP contribution is 2.61. The second-order valence-corrected chi connectivity index (χ2v) is 9.50. The molecule has 0 atom stereocenters. The predicted octanol–water partition coefficient (Wildman–Crippen LogP) is 4.78. The van der Waals surface area contributed by atoms with Crippen molar-refractivity contribution < 1.29 is 4.79 Å². The molecule has 4 aliphatic rings. The van der Waals surface area contributed by atoms with Gasteiger partial charge in [0.05, 0.1) is 18.4 Å². The summed E-state index contributed by atoms with van der Waals surface area (Å²) < 4.78 is 1.91. The summed E-state index contributed by atoms with van der Waals surface area (Å²) in [6.45, 7) is 2.85. The van der Waals surface area contributed by atoms with E-state index in [0.717, 1.165) is 30.0 Å².